The molecule has 0 saturated heterocycles. The van der Waals surface area contributed by atoms with Crippen LogP contribution in [0, 0.1) is 18.3 Å². The number of terminal acetylenes is 1. The Hall–Kier alpha value is -3.79. The summed E-state index contributed by atoms with van der Waals surface area (Å²) in [6, 6.07) is 13.8. The molecule has 0 spiro atoms. The molecule has 7 nitrogen and oxygen atoms in total. The Bertz CT molecular complexity index is 1030. The highest BCUT2D eigenvalue weighted by Gasteiger charge is 2.32. The maximum absolute atomic E-state index is 12.7. The number of carbonyl (C=O) groups is 3. The van der Waals surface area contributed by atoms with Gasteiger partial charge in [-0.3, -0.25) is 4.79 Å². The lowest BCUT2D eigenvalue weighted by Gasteiger charge is -2.25. The molecule has 2 unspecified atom stereocenters. The zero-order valence-electron chi connectivity index (χ0n) is 18.7. The van der Waals surface area contributed by atoms with Crippen LogP contribution in [0.3, 0.4) is 0 Å². The number of aliphatic carboxylic acids is 1. The SMILES string of the molecule is C#CCC(NC(=O)[C@@H](NC(=O)OCC1c2ccccc2-c2ccccc21)C(C)CC)C(=O)O. The van der Waals surface area contributed by atoms with Gasteiger partial charge in [0.15, 0.2) is 0 Å². The summed E-state index contributed by atoms with van der Waals surface area (Å²) in [5.41, 5.74) is 4.40. The van der Waals surface area contributed by atoms with Crippen molar-refractivity contribution >= 4 is 18.0 Å². The average Bonchev–Trinajstić information content (AvgIpc) is 3.14. The number of rotatable bonds is 9. The van der Waals surface area contributed by atoms with Crippen molar-refractivity contribution in [3.63, 3.8) is 0 Å². The first kappa shape index (κ1) is 23.9. The van der Waals surface area contributed by atoms with Crippen molar-refractivity contribution in [2.24, 2.45) is 5.92 Å². The second-order valence-electron chi connectivity index (χ2n) is 8.14. The lowest BCUT2D eigenvalue weighted by Crippen LogP contribution is -2.54. The van der Waals surface area contributed by atoms with E-state index in [-0.39, 0.29) is 24.9 Å². The van der Waals surface area contributed by atoms with E-state index in [0.717, 1.165) is 22.3 Å². The number of carbonyl (C=O) groups excluding carboxylic acids is 2. The van der Waals surface area contributed by atoms with Gasteiger partial charge < -0.3 is 20.5 Å². The van der Waals surface area contributed by atoms with Gasteiger partial charge in [0.25, 0.3) is 0 Å². The minimum Gasteiger partial charge on any atom is -0.480 e. The third-order valence-corrected chi connectivity index (χ3v) is 6.05. The summed E-state index contributed by atoms with van der Waals surface area (Å²) in [6.45, 7) is 3.79. The molecule has 2 amide bonds. The number of benzene rings is 2. The first-order chi connectivity index (χ1) is 15.9. The average molecular weight is 449 g/mol. The van der Waals surface area contributed by atoms with Gasteiger partial charge in [-0.2, -0.15) is 0 Å². The predicted octanol–water partition coefficient (Wildman–Crippen LogP) is 3.53. The van der Waals surface area contributed by atoms with E-state index in [2.05, 4.69) is 16.6 Å². The fourth-order valence-corrected chi connectivity index (χ4v) is 4.05. The summed E-state index contributed by atoms with van der Waals surface area (Å²) in [4.78, 5) is 36.7. The van der Waals surface area contributed by atoms with E-state index in [1.165, 1.54) is 0 Å². The molecule has 2 aromatic carbocycles. The van der Waals surface area contributed by atoms with Gasteiger partial charge in [-0.05, 0) is 28.2 Å². The maximum atomic E-state index is 12.7. The van der Waals surface area contributed by atoms with Crippen molar-refractivity contribution in [1.82, 2.24) is 10.6 Å². The van der Waals surface area contributed by atoms with Crippen molar-refractivity contribution in [2.45, 2.75) is 44.7 Å². The van der Waals surface area contributed by atoms with Gasteiger partial charge in [-0.15, -0.1) is 12.3 Å². The summed E-state index contributed by atoms with van der Waals surface area (Å²) < 4.78 is 5.54. The molecule has 0 fully saturated rings. The molecule has 7 heteroatoms. The van der Waals surface area contributed by atoms with Crippen LogP contribution in [0.4, 0.5) is 4.79 Å². The molecule has 1 aliphatic rings. The molecule has 0 aromatic heterocycles. The van der Waals surface area contributed by atoms with Gasteiger partial charge in [0.05, 0.1) is 0 Å². The van der Waals surface area contributed by atoms with Gasteiger partial charge in [0.1, 0.15) is 18.7 Å². The zero-order chi connectivity index (χ0) is 24.0. The molecule has 3 rings (SSSR count). The van der Waals surface area contributed by atoms with Crippen molar-refractivity contribution < 1.29 is 24.2 Å². The zero-order valence-corrected chi connectivity index (χ0v) is 18.7. The van der Waals surface area contributed by atoms with E-state index in [4.69, 9.17) is 11.2 Å². The van der Waals surface area contributed by atoms with Crippen LogP contribution in [0.25, 0.3) is 11.1 Å². The Balaban J connectivity index is 1.68. The normalized spacial score (nSPS) is 14.7. The monoisotopic (exact) mass is 448 g/mol. The third kappa shape index (κ3) is 5.35. The maximum Gasteiger partial charge on any atom is 0.407 e. The van der Waals surface area contributed by atoms with Crippen LogP contribution in [0.5, 0.6) is 0 Å². The van der Waals surface area contributed by atoms with Gasteiger partial charge in [0.2, 0.25) is 5.91 Å². The number of alkyl carbamates (subject to hydrolysis) is 1. The molecular weight excluding hydrogens is 420 g/mol. The number of carboxylic acids is 1. The van der Waals surface area contributed by atoms with E-state index in [1.807, 2.05) is 55.5 Å². The Labute approximate surface area is 193 Å². The number of hydrogen-bond acceptors (Lipinski definition) is 4. The smallest absolute Gasteiger partial charge is 0.407 e. The molecule has 1 aliphatic carbocycles. The number of nitrogens with one attached hydrogen (secondary N) is 2. The summed E-state index contributed by atoms with van der Waals surface area (Å²) in [6.07, 6.45) is 4.90. The van der Waals surface area contributed by atoms with Crippen LogP contribution in [-0.2, 0) is 14.3 Å². The number of hydrogen-bond donors (Lipinski definition) is 3. The number of fused-ring (bicyclic) bond motifs is 3. The predicted molar refractivity (Wildman–Crippen MR) is 124 cm³/mol. The van der Waals surface area contributed by atoms with Crippen molar-refractivity contribution in [3.05, 3.63) is 59.7 Å². The molecule has 3 atom stereocenters. The Morgan fingerprint density at radius 3 is 2.15 bits per heavy atom. The highest BCUT2D eigenvalue weighted by Crippen LogP contribution is 2.44. The van der Waals surface area contributed by atoms with Crippen LogP contribution in [0.2, 0.25) is 0 Å². The minimum atomic E-state index is -1.23. The van der Waals surface area contributed by atoms with Crippen molar-refractivity contribution in [1.29, 1.82) is 0 Å². The lowest BCUT2D eigenvalue weighted by atomic mass is 9.97. The molecule has 0 bridgehead atoms. The van der Waals surface area contributed by atoms with Crippen LogP contribution in [-0.4, -0.2) is 41.8 Å². The molecule has 0 aliphatic heterocycles. The van der Waals surface area contributed by atoms with Crippen LogP contribution in [0.15, 0.2) is 48.5 Å². The molecule has 0 heterocycles. The molecule has 0 saturated carbocycles. The highest BCUT2D eigenvalue weighted by atomic mass is 16.5. The van der Waals surface area contributed by atoms with Crippen LogP contribution < -0.4 is 10.6 Å². The third-order valence-electron chi connectivity index (χ3n) is 6.05. The van der Waals surface area contributed by atoms with Crippen molar-refractivity contribution in [2.75, 3.05) is 6.61 Å². The molecule has 33 heavy (non-hydrogen) atoms. The summed E-state index contributed by atoms with van der Waals surface area (Å²) >= 11 is 0. The summed E-state index contributed by atoms with van der Waals surface area (Å²) in [5, 5.41) is 14.3. The fraction of sp³-hybridized carbons (Fsp3) is 0.346. The molecule has 172 valence electrons. The number of ether oxygens (including phenoxy) is 1. The van der Waals surface area contributed by atoms with Gasteiger partial charge in [-0.1, -0.05) is 68.8 Å². The molecule has 3 N–H and O–H groups in total. The first-order valence-electron chi connectivity index (χ1n) is 11.0. The topological polar surface area (TPSA) is 105 Å². The second kappa shape index (κ2) is 10.7. The van der Waals surface area contributed by atoms with Gasteiger partial charge >= 0.3 is 12.1 Å². The lowest BCUT2D eigenvalue weighted by molar-refractivity contribution is -0.142. The van der Waals surface area contributed by atoms with Crippen LogP contribution >= 0.6 is 0 Å². The quantitative estimate of drug-likeness (QED) is 0.509. The number of amides is 2. The largest absolute Gasteiger partial charge is 0.480 e. The molecule has 0 radical (unpaired) electrons. The Morgan fingerprint density at radius 2 is 1.64 bits per heavy atom. The summed E-state index contributed by atoms with van der Waals surface area (Å²) in [5.74, 6) is 0.0457. The Kier molecular flexibility index (Phi) is 7.73. The minimum absolute atomic E-state index is 0.106. The summed E-state index contributed by atoms with van der Waals surface area (Å²) in [7, 11) is 0. The molecular formula is C26H28N2O5. The van der Waals surface area contributed by atoms with E-state index >= 15 is 0 Å². The standard InChI is InChI=1S/C26H28N2O5/c1-4-10-22(25(30)31)27-24(29)23(16(3)5-2)28-26(32)33-15-21-19-13-8-6-11-17(19)18-12-7-9-14-20(18)21/h1,6-9,11-14,16,21-23H,5,10,15H2,2-3H3,(H,27,29)(H,28,32)(H,30,31)/t16?,22?,23-/m0/s1. The van der Waals surface area contributed by atoms with E-state index in [0.29, 0.717) is 6.42 Å². The number of carboxylic acid groups (broad SMARTS) is 1. The fourth-order valence-electron chi connectivity index (χ4n) is 4.05. The van der Waals surface area contributed by atoms with E-state index in [1.54, 1.807) is 6.92 Å². The first-order valence-corrected chi connectivity index (χ1v) is 11.0. The molecule has 2 aromatic rings. The Morgan fingerprint density at radius 1 is 1.06 bits per heavy atom. The second-order valence-corrected chi connectivity index (χ2v) is 8.14. The highest BCUT2D eigenvalue weighted by molar-refractivity contribution is 5.89. The van der Waals surface area contributed by atoms with Crippen LogP contribution in [0.1, 0.15) is 43.7 Å². The van der Waals surface area contributed by atoms with E-state index in [9.17, 15) is 19.5 Å². The van der Waals surface area contributed by atoms with Gasteiger partial charge in [-0.25, -0.2) is 9.59 Å². The van der Waals surface area contributed by atoms with Gasteiger partial charge in [0, 0.05) is 12.3 Å². The van der Waals surface area contributed by atoms with E-state index < -0.39 is 30.1 Å². The van der Waals surface area contributed by atoms with Crippen molar-refractivity contribution in [3.8, 4) is 23.5 Å².